The summed E-state index contributed by atoms with van der Waals surface area (Å²) < 4.78 is 11.1. The van der Waals surface area contributed by atoms with Crippen molar-refractivity contribution in [3.05, 3.63) is 0 Å². The first-order chi connectivity index (χ1) is 10.4. The van der Waals surface area contributed by atoms with E-state index in [1.165, 1.54) is 0 Å². The molecule has 0 spiro atoms. The third kappa shape index (κ3) is 5.13. The van der Waals surface area contributed by atoms with Crippen molar-refractivity contribution < 1.29 is 14.3 Å². The quantitative estimate of drug-likeness (QED) is 0.852. The first-order valence-corrected chi connectivity index (χ1v) is 8.70. The van der Waals surface area contributed by atoms with Crippen LogP contribution in [0.5, 0.6) is 0 Å². The van der Waals surface area contributed by atoms with Crippen LogP contribution in [0.15, 0.2) is 0 Å². The highest BCUT2D eigenvalue weighted by atomic mass is 16.6. The van der Waals surface area contributed by atoms with E-state index in [1.807, 2.05) is 25.7 Å². The van der Waals surface area contributed by atoms with Crippen LogP contribution in [0, 0.1) is 0 Å². The minimum absolute atomic E-state index is 0.174. The van der Waals surface area contributed by atoms with Gasteiger partial charge in [0.2, 0.25) is 0 Å². The first kappa shape index (κ1) is 17.5. The number of amides is 1. The maximum absolute atomic E-state index is 12.4. The molecule has 2 saturated heterocycles. The smallest absolute Gasteiger partial charge is 0.410 e. The van der Waals surface area contributed by atoms with E-state index in [2.05, 4.69) is 12.2 Å². The molecule has 0 aromatic carbocycles. The first-order valence-electron chi connectivity index (χ1n) is 8.70. The number of carbonyl (C=O) groups excluding carboxylic acids is 1. The van der Waals surface area contributed by atoms with Gasteiger partial charge in [0, 0.05) is 37.9 Å². The summed E-state index contributed by atoms with van der Waals surface area (Å²) in [4.78, 5) is 14.3. The van der Waals surface area contributed by atoms with Crippen molar-refractivity contribution in [3.63, 3.8) is 0 Å². The van der Waals surface area contributed by atoms with Crippen molar-refractivity contribution in [1.29, 1.82) is 0 Å². The summed E-state index contributed by atoms with van der Waals surface area (Å²) in [5.74, 6) is 0. The van der Waals surface area contributed by atoms with Crippen LogP contribution < -0.4 is 5.32 Å². The predicted molar refractivity (Wildman–Crippen MR) is 87.0 cm³/mol. The van der Waals surface area contributed by atoms with E-state index >= 15 is 0 Å². The maximum atomic E-state index is 12.4. The van der Waals surface area contributed by atoms with Crippen LogP contribution in [0.25, 0.3) is 0 Å². The second-order valence-electron chi connectivity index (χ2n) is 7.57. The van der Waals surface area contributed by atoms with Gasteiger partial charge in [-0.25, -0.2) is 4.79 Å². The number of rotatable bonds is 2. The lowest BCUT2D eigenvalue weighted by Gasteiger charge is -2.41. The highest BCUT2D eigenvalue weighted by Gasteiger charge is 2.34. The molecular formula is C17H32N2O3. The molecule has 0 aromatic heterocycles. The van der Waals surface area contributed by atoms with Gasteiger partial charge in [0.25, 0.3) is 0 Å². The van der Waals surface area contributed by atoms with Crippen LogP contribution in [-0.2, 0) is 9.47 Å². The molecule has 0 bridgehead atoms. The van der Waals surface area contributed by atoms with Gasteiger partial charge in [-0.15, -0.1) is 0 Å². The van der Waals surface area contributed by atoms with E-state index < -0.39 is 5.60 Å². The van der Waals surface area contributed by atoms with Crippen LogP contribution in [-0.4, -0.2) is 54.5 Å². The molecule has 3 atom stereocenters. The summed E-state index contributed by atoms with van der Waals surface area (Å²) in [5, 5.41) is 3.77. The number of nitrogens with one attached hydrogen (secondary N) is 1. The minimum atomic E-state index is -0.435. The van der Waals surface area contributed by atoms with Gasteiger partial charge in [-0.1, -0.05) is 0 Å². The molecule has 0 aromatic rings. The zero-order chi connectivity index (χ0) is 16.2. The molecule has 1 N–H and O–H groups in total. The summed E-state index contributed by atoms with van der Waals surface area (Å²) >= 11 is 0. The average Bonchev–Trinajstić information content (AvgIpc) is 2.67. The standard InChI is InChI=1S/C17H32N2O3/c1-13-15(18-14-7-6-11-21-12-9-14)8-5-10-19(13)16(20)22-17(2,3)4/h13-15,18H,5-12H2,1-4H3. The fourth-order valence-corrected chi connectivity index (χ4v) is 3.32. The lowest BCUT2D eigenvalue weighted by molar-refractivity contribution is 0.00611. The molecule has 3 unspecified atom stereocenters. The van der Waals surface area contributed by atoms with Crippen molar-refractivity contribution in [2.75, 3.05) is 19.8 Å². The minimum Gasteiger partial charge on any atom is -0.444 e. The third-order valence-corrected chi connectivity index (χ3v) is 4.52. The molecule has 2 rings (SSSR count). The number of carbonyl (C=O) groups is 1. The van der Waals surface area contributed by atoms with Gasteiger partial charge < -0.3 is 19.7 Å². The molecule has 2 aliphatic heterocycles. The fourth-order valence-electron chi connectivity index (χ4n) is 3.32. The summed E-state index contributed by atoms with van der Waals surface area (Å²) in [6.45, 7) is 10.4. The number of nitrogens with zero attached hydrogens (tertiary/aromatic N) is 1. The number of piperidine rings is 1. The third-order valence-electron chi connectivity index (χ3n) is 4.52. The fraction of sp³-hybridized carbons (Fsp3) is 0.941. The van der Waals surface area contributed by atoms with Crippen molar-refractivity contribution >= 4 is 6.09 Å². The van der Waals surface area contributed by atoms with Gasteiger partial charge >= 0.3 is 6.09 Å². The Morgan fingerprint density at radius 3 is 2.68 bits per heavy atom. The van der Waals surface area contributed by atoms with E-state index in [4.69, 9.17) is 9.47 Å². The van der Waals surface area contributed by atoms with Gasteiger partial charge in [-0.3, -0.25) is 0 Å². The van der Waals surface area contributed by atoms with Crippen LogP contribution in [0.2, 0.25) is 0 Å². The molecule has 5 nitrogen and oxygen atoms in total. The Morgan fingerprint density at radius 1 is 1.18 bits per heavy atom. The Kier molecular flexibility index (Phi) is 6.09. The molecular weight excluding hydrogens is 280 g/mol. The zero-order valence-corrected chi connectivity index (χ0v) is 14.6. The van der Waals surface area contributed by atoms with Crippen molar-refractivity contribution in [2.24, 2.45) is 0 Å². The molecule has 2 aliphatic rings. The highest BCUT2D eigenvalue weighted by molar-refractivity contribution is 5.68. The van der Waals surface area contributed by atoms with Crippen LogP contribution in [0.3, 0.4) is 0 Å². The summed E-state index contributed by atoms with van der Waals surface area (Å²) in [5.41, 5.74) is -0.435. The normalized spacial score (nSPS) is 30.7. The topological polar surface area (TPSA) is 50.8 Å². The molecule has 2 heterocycles. The van der Waals surface area contributed by atoms with Gasteiger partial charge in [-0.2, -0.15) is 0 Å². The lowest BCUT2D eigenvalue weighted by Crippen LogP contribution is -2.57. The highest BCUT2D eigenvalue weighted by Crippen LogP contribution is 2.22. The molecule has 128 valence electrons. The molecule has 0 radical (unpaired) electrons. The van der Waals surface area contributed by atoms with E-state index in [9.17, 15) is 4.79 Å². The molecule has 2 fully saturated rings. The molecule has 1 amide bonds. The van der Waals surface area contributed by atoms with E-state index in [0.29, 0.717) is 12.1 Å². The van der Waals surface area contributed by atoms with Gasteiger partial charge in [0.1, 0.15) is 5.60 Å². The van der Waals surface area contributed by atoms with Crippen molar-refractivity contribution in [2.45, 2.75) is 83.5 Å². The maximum Gasteiger partial charge on any atom is 0.410 e. The van der Waals surface area contributed by atoms with Crippen LogP contribution >= 0.6 is 0 Å². The second kappa shape index (κ2) is 7.64. The number of ether oxygens (including phenoxy) is 2. The Hall–Kier alpha value is -0.810. The molecule has 5 heteroatoms. The van der Waals surface area contributed by atoms with Gasteiger partial charge in [-0.05, 0) is 59.8 Å². The predicted octanol–water partition coefficient (Wildman–Crippen LogP) is 2.93. The monoisotopic (exact) mass is 312 g/mol. The van der Waals surface area contributed by atoms with Gasteiger partial charge in [0.15, 0.2) is 0 Å². The van der Waals surface area contributed by atoms with Crippen molar-refractivity contribution in [3.8, 4) is 0 Å². The summed E-state index contributed by atoms with van der Waals surface area (Å²) in [6.07, 6.45) is 5.32. The number of hydrogen-bond donors (Lipinski definition) is 1. The van der Waals surface area contributed by atoms with E-state index in [-0.39, 0.29) is 12.1 Å². The molecule has 22 heavy (non-hydrogen) atoms. The Bertz CT molecular complexity index is 359. The zero-order valence-electron chi connectivity index (χ0n) is 14.6. The average molecular weight is 312 g/mol. The van der Waals surface area contributed by atoms with E-state index in [1.54, 1.807) is 0 Å². The Labute approximate surface area is 134 Å². The second-order valence-corrected chi connectivity index (χ2v) is 7.57. The Balaban J connectivity index is 1.91. The number of likely N-dealkylation sites (tertiary alicyclic amines) is 1. The molecule has 0 saturated carbocycles. The van der Waals surface area contributed by atoms with Crippen molar-refractivity contribution in [1.82, 2.24) is 10.2 Å². The van der Waals surface area contributed by atoms with Gasteiger partial charge in [0.05, 0.1) is 0 Å². The summed E-state index contributed by atoms with van der Waals surface area (Å²) in [7, 11) is 0. The van der Waals surface area contributed by atoms with Crippen LogP contribution in [0.1, 0.15) is 59.8 Å². The number of hydrogen-bond acceptors (Lipinski definition) is 4. The Morgan fingerprint density at radius 2 is 1.95 bits per heavy atom. The summed E-state index contributed by atoms with van der Waals surface area (Å²) in [6, 6.07) is 1.03. The lowest BCUT2D eigenvalue weighted by atomic mass is 9.95. The largest absolute Gasteiger partial charge is 0.444 e. The molecule has 0 aliphatic carbocycles. The van der Waals surface area contributed by atoms with Crippen LogP contribution in [0.4, 0.5) is 4.79 Å². The SMILES string of the molecule is CC1C(NC2CCCOCC2)CCCN1C(=O)OC(C)(C)C. The van der Waals surface area contributed by atoms with E-state index in [0.717, 1.165) is 51.9 Å².